The SMILES string of the molecule is CCCCCOc1ccc(/C(O)=C2/C(=O)C(=O)N(Cc3ccc(F)cc3)C2c2ccccc2)cc1. The molecule has 1 N–H and O–H groups in total. The molecule has 1 aliphatic heterocycles. The van der Waals surface area contributed by atoms with E-state index in [9.17, 15) is 19.1 Å². The highest BCUT2D eigenvalue weighted by molar-refractivity contribution is 6.46. The van der Waals surface area contributed by atoms with Crippen molar-refractivity contribution >= 4 is 17.4 Å². The topological polar surface area (TPSA) is 66.8 Å². The first-order valence-electron chi connectivity index (χ1n) is 11.8. The van der Waals surface area contributed by atoms with Gasteiger partial charge < -0.3 is 14.7 Å². The van der Waals surface area contributed by atoms with Crippen LogP contribution in [0.15, 0.2) is 84.4 Å². The molecule has 1 unspecified atom stereocenters. The zero-order chi connectivity index (χ0) is 24.8. The highest BCUT2D eigenvalue weighted by Crippen LogP contribution is 2.40. The molecule has 0 aliphatic carbocycles. The second-order valence-electron chi connectivity index (χ2n) is 8.54. The maximum Gasteiger partial charge on any atom is 0.295 e. The van der Waals surface area contributed by atoms with Crippen molar-refractivity contribution in [3.63, 3.8) is 0 Å². The van der Waals surface area contributed by atoms with Crippen LogP contribution in [0.4, 0.5) is 4.39 Å². The third-order valence-corrected chi connectivity index (χ3v) is 6.07. The Kier molecular flexibility index (Phi) is 7.60. The van der Waals surface area contributed by atoms with Crippen LogP contribution in [0.3, 0.4) is 0 Å². The van der Waals surface area contributed by atoms with Crippen molar-refractivity contribution in [3.8, 4) is 5.75 Å². The Morgan fingerprint density at radius 2 is 1.63 bits per heavy atom. The Balaban J connectivity index is 1.68. The molecule has 1 heterocycles. The van der Waals surface area contributed by atoms with Gasteiger partial charge >= 0.3 is 0 Å². The third-order valence-electron chi connectivity index (χ3n) is 6.07. The van der Waals surface area contributed by atoms with Crippen LogP contribution < -0.4 is 4.74 Å². The second kappa shape index (κ2) is 11.0. The maximum absolute atomic E-state index is 13.4. The van der Waals surface area contributed by atoms with Gasteiger partial charge in [0.05, 0.1) is 18.2 Å². The first kappa shape index (κ1) is 24.2. The number of Topliss-reactive ketones (excluding diaryl/α,β-unsaturated/α-hetero) is 1. The van der Waals surface area contributed by atoms with Crippen LogP contribution >= 0.6 is 0 Å². The van der Waals surface area contributed by atoms with Gasteiger partial charge in [-0.05, 0) is 53.9 Å². The van der Waals surface area contributed by atoms with Gasteiger partial charge in [-0.2, -0.15) is 0 Å². The van der Waals surface area contributed by atoms with E-state index in [-0.39, 0.29) is 23.7 Å². The molecule has 1 aliphatic rings. The van der Waals surface area contributed by atoms with Crippen LogP contribution in [0, 0.1) is 5.82 Å². The van der Waals surface area contributed by atoms with E-state index in [1.807, 2.05) is 30.3 Å². The molecule has 180 valence electrons. The molecular formula is C29H28FNO4. The first-order chi connectivity index (χ1) is 17.0. The standard InChI is InChI=1S/C29H28FNO4/c1-2-3-7-18-35-24-16-12-22(13-17-24)27(32)25-26(21-8-5-4-6-9-21)31(29(34)28(25)33)19-20-10-14-23(30)15-11-20/h4-6,8-17,26,32H,2-3,7,18-19H2,1H3/b27-25-. The fourth-order valence-corrected chi connectivity index (χ4v) is 4.22. The predicted molar refractivity (Wildman–Crippen MR) is 132 cm³/mol. The molecule has 3 aromatic rings. The van der Waals surface area contributed by atoms with Crippen molar-refractivity contribution in [1.82, 2.24) is 4.90 Å². The average molecular weight is 474 g/mol. The number of halogens is 1. The van der Waals surface area contributed by atoms with E-state index in [4.69, 9.17) is 4.74 Å². The lowest BCUT2D eigenvalue weighted by Crippen LogP contribution is -2.29. The summed E-state index contributed by atoms with van der Waals surface area (Å²) >= 11 is 0. The van der Waals surface area contributed by atoms with Gasteiger partial charge in [-0.1, -0.05) is 62.2 Å². The summed E-state index contributed by atoms with van der Waals surface area (Å²) in [6, 6.07) is 21.0. The fraction of sp³-hybridized carbons (Fsp3) is 0.241. The fourth-order valence-electron chi connectivity index (χ4n) is 4.22. The van der Waals surface area contributed by atoms with Gasteiger partial charge in [0.15, 0.2) is 0 Å². The number of ketones is 1. The van der Waals surface area contributed by atoms with Gasteiger partial charge in [0.1, 0.15) is 17.3 Å². The lowest BCUT2D eigenvalue weighted by atomic mass is 9.95. The van der Waals surface area contributed by atoms with Crippen molar-refractivity contribution in [2.24, 2.45) is 0 Å². The van der Waals surface area contributed by atoms with E-state index >= 15 is 0 Å². The minimum absolute atomic E-state index is 0.0277. The van der Waals surface area contributed by atoms with Crippen molar-refractivity contribution in [1.29, 1.82) is 0 Å². The molecule has 1 atom stereocenters. The van der Waals surface area contributed by atoms with Gasteiger partial charge in [0, 0.05) is 12.1 Å². The Hall–Kier alpha value is -3.93. The Bertz CT molecular complexity index is 1200. The van der Waals surface area contributed by atoms with Crippen LogP contribution in [0.1, 0.15) is 48.9 Å². The summed E-state index contributed by atoms with van der Waals surface area (Å²) in [5, 5.41) is 11.2. The lowest BCUT2D eigenvalue weighted by Gasteiger charge is -2.25. The zero-order valence-electron chi connectivity index (χ0n) is 19.6. The van der Waals surface area contributed by atoms with Gasteiger partial charge in [-0.25, -0.2) is 4.39 Å². The summed E-state index contributed by atoms with van der Waals surface area (Å²) < 4.78 is 19.1. The average Bonchev–Trinajstić information content (AvgIpc) is 3.13. The minimum atomic E-state index is -0.772. The molecule has 1 amide bonds. The van der Waals surface area contributed by atoms with Gasteiger partial charge in [-0.15, -0.1) is 0 Å². The number of amides is 1. The van der Waals surface area contributed by atoms with Crippen LogP contribution in [-0.2, 0) is 16.1 Å². The maximum atomic E-state index is 13.4. The molecule has 4 rings (SSSR count). The predicted octanol–water partition coefficient (Wildman–Crippen LogP) is 6.02. The van der Waals surface area contributed by atoms with Gasteiger partial charge in [0.25, 0.3) is 11.7 Å². The Morgan fingerprint density at radius 1 is 0.943 bits per heavy atom. The summed E-state index contributed by atoms with van der Waals surface area (Å²) in [5.41, 5.74) is 1.83. The summed E-state index contributed by atoms with van der Waals surface area (Å²) in [7, 11) is 0. The summed E-state index contributed by atoms with van der Waals surface area (Å²) in [6.07, 6.45) is 3.17. The van der Waals surface area contributed by atoms with E-state index in [0.29, 0.717) is 29.0 Å². The van der Waals surface area contributed by atoms with Crippen molar-refractivity contribution in [2.75, 3.05) is 6.61 Å². The molecule has 0 bridgehead atoms. The number of unbranched alkanes of at least 4 members (excludes halogenated alkanes) is 2. The quantitative estimate of drug-likeness (QED) is 0.179. The number of carbonyl (C=O) groups excluding carboxylic acids is 2. The van der Waals surface area contributed by atoms with Crippen LogP contribution in [0.5, 0.6) is 5.75 Å². The number of ether oxygens (including phenoxy) is 1. The highest BCUT2D eigenvalue weighted by Gasteiger charge is 2.46. The zero-order valence-corrected chi connectivity index (χ0v) is 19.6. The lowest BCUT2D eigenvalue weighted by molar-refractivity contribution is -0.140. The highest BCUT2D eigenvalue weighted by atomic mass is 19.1. The molecule has 3 aromatic carbocycles. The van der Waals surface area contributed by atoms with Crippen molar-refractivity contribution in [2.45, 2.75) is 38.8 Å². The smallest absolute Gasteiger partial charge is 0.295 e. The molecule has 1 fully saturated rings. The summed E-state index contributed by atoms with van der Waals surface area (Å²) in [4.78, 5) is 27.6. The first-order valence-corrected chi connectivity index (χ1v) is 11.8. The normalized spacial score (nSPS) is 17.1. The van der Waals surface area contributed by atoms with Crippen LogP contribution in [-0.4, -0.2) is 28.3 Å². The molecule has 5 nitrogen and oxygen atoms in total. The second-order valence-corrected chi connectivity index (χ2v) is 8.54. The molecular weight excluding hydrogens is 445 g/mol. The number of likely N-dealkylation sites (tertiary alicyclic amines) is 1. The van der Waals surface area contributed by atoms with Gasteiger partial charge in [-0.3, -0.25) is 9.59 Å². The number of aliphatic hydroxyl groups excluding tert-OH is 1. The summed E-state index contributed by atoms with van der Waals surface area (Å²) in [6.45, 7) is 2.84. The van der Waals surface area contributed by atoms with Crippen LogP contribution in [0.25, 0.3) is 5.76 Å². The number of aliphatic hydroxyl groups is 1. The molecule has 0 radical (unpaired) electrons. The number of hydrogen-bond donors (Lipinski definition) is 1. The minimum Gasteiger partial charge on any atom is -0.507 e. The molecule has 35 heavy (non-hydrogen) atoms. The molecule has 1 saturated heterocycles. The molecule has 0 aromatic heterocycles. The number of hydrogen-bond acceptors (Lipinski definition) is 4. The number of benzene rings is 3. The largest absolute Gasteiger partial charge is 0.507 e. The third kappa shape index (κ3) is 5.43. The molecule has 0 spiro atoms. The van der Waals surface area contributed by atoms with E-state index in [0.717, 1.165) is 19.3 Å². The van der Waals surface area contributed by atoms with Crippen molar-refractivity contribution < 1.29 is 23.8 Å². The molecule has 6 heteroatoms. The number of rotatable bonds is 9. The van der Waals surface area contributed by atoms with E-state index in [2.05, 4.69) is 6.92 Å². The van der Waals surface area contributed by atoms with E-state index in [1.165, 1.54) is 17.0 Å². The van der Waals surface area contributed by atoms with E-state index < -0.39 is 17.7 Å². The summed E-state index contributed by atoms with van der Waals surface area (Å²) in [5.74, 6) is -1.41. The van der Waals surface area contributed by atoms with Crippen molar-refractivity contribution in [3.05, 3.63) is 107 Å². The van der Waals surface area contributed by atoms with Gasteiger partial charge in [0.2, 0.25) is 0 Å². The molecule has 0 saturated carbocycles. The Labute approximate surface area is 204 Å². The monoisotopic (exact) mass is 473 g/mol. The number of nitrogens with zero attached hydrogens (tertiary/aromatic N) is 1. The Morgan fingerprint density at radius 3 is 2.29 bits per heavy atom. The van der Waals surface area contributed by atoms with E-state index in [1.54, 1.807) is 36.4 Å². The number of carbonyl (C=O) groups is 2. The van der Waals surface area contributed by atoms with Crippen LogP contribution in [0.2, 0.25) is 0 Å².